The topological polar surface area (TPSA) is 38.8 Å². The first-order valence-electron chi connectivity index (χ1n) is 12.9. The van der Waals surface area contributed by atoms with Crippen molar-refractivity contribution in [3.8, 4) is 11.5 Å². The second kappa shape index (κ2) is 10.7. The lowest BCUT2D eigenvalue weighted by atomic mass is 9.79. The summed E-state index contributed by atoms with van der Waals surface area (Å²) in [4.78, 5) is 15.6. The lowest BCUT2D eigenvalue weighted by Crippen LogP contribution is -2.22. The number of anilines is 3. The van der Waals surface area contributed by atoms with Crippen LogP contribution in [0.2, 0.25) is 0 Å². The van der Waals surface area contributed by atoms with Gasteiger partial charge in [-0.25, -0.2) is 4.79 Å². The van der Waals surface area contributed by atoms with E-state index in [1.54, 1.807) is 7.11 Å². The van der Waals surface area contributed by atoms with Crippen molar-refractivity contribution in [3.05, 3.63) is 114 Å². The van der Waals surface area contributed by atoms with Crippen LogP contribution in [0, 0.1) is 0 Å². The molecule has 0 atom stereocenters. The molecule has 4 aromatic rings. The van der Waals surface area contributed by atoms with Crippen LogP contribution in [0.25, 0.3) is 0 Å². The number of para-hydroxylation sites is 2. The van der Waals surface area contributed by atoms with Crippen molar-refractivity contribution in [2.24, 2.45) is 0 Å². The van der Waals surface area contributed by atoms with Crippen molar-refractivity contribution in [1.82, 2.24) is 0 Å². The number of ether oxygens (including phenoxy) is 2. The number of carbonyl (C=O) groups is 1. The average Bonchev–Trinajstić information content (AvgIpc) is 2.89. The van der Waals surface area contributed by atoms with Crippen LogP contribution in [0.5, 0.6) is 11.5 Å². The summed E-state index contributed by atoms with van der Waals surface area (Å²) in [6.45, 7) is 12.7. The Balaban J connectivity index is 1.71. The molecule has 0 spiro atoms. The minimum Gasteiger partial charge on any atom is -0.497 e. The highest BCUT2D eigenvalue weighted by molar-refractivity contribution is 5.92. The van der Waals surface area contributed by atoms with Gasteiger partial charge in [0.2, 0.25) is 0 Å². The Morgan fingerprint density at radius 3 is 1.45 bits per heavy atom. The molecule has 0 aromatic heterocycles. The predicted octanol–water partition coefficient (Wildman–Crippen LogP) is 8.98. The van der Waals surface area contributed by atoms with E-state index in [1.165, 1.54) is 0 Å². The van der Waals surface area contributed by atoms with E-state index in [0.717, 1.165) is 33.9 Å². The molecule has 4 rings (SSSR count). The van der Waals surface area contributed by atoms with Crippen molar-refractivity contribution in [3.63, 3.8) is 0 Å². The third kappa shape index (κ3) is 5.91. The van der Waals surface area contributed by atoms with E-state index in [-0.39, 0.29) is 16.8 Å². The van der Waals surface area contributed by atoms with Crippen LogP contribution in [0.3, 0.4) is 0 Å². The summed E-state index contributed by atoms with van der Waals surface area (Å²) in [5.41, 5.74) is 4.89. The van der Waals surface area contributed by atoms with Gasteiger partial charge in [0.1, 0.15) is 11.5 Å². The Morgan fingerprint density at radius 1 is 0.632 bits per heavy atom. The highest BCUT2D eigenvalue weighted by Gasteiger charge is 2.30. The molecule has 0 aliphatic heterocycles. The number of esters is 1. The first kappa shape index (κ1) is 27.0. The number of carbonyl (C=O) groups excluding carboxylic acids is 1. The maximum Gasteiger partial charge on any atom is 0.343 e. The predicted molar refractivity (Wildman–Crippen MR) is 156 cm³/mol. The van der Waals surface area contributed by atoms with E-state index in [4.69, 9.17) is 9.47 Å². The maximum atomic E-state index is 13.5. The summed E-state index contributed by atoms with van der Waals surface area (Å²) < 4.78 is 11.8. The van der Waals surface area contributed by atoms with Gasteiger partial charge in [-0.3, -0.25) is 0 Å². The fourth-order valence-electron chi connectivity index (χ4n) is 4.44. The van der Waals surface area contributed by atoms with Crippen LogP contribution in [-0.4, -0.2) is 13.1 Å². The van der Waals surface area contributed by atoms with Crippen molar-refractivity contribution < 1.29 is 14.3 Å². The van der Waals surface area contributed by atoms with E-state index >= 15 is 0 Å². The molecule has 0 heterocycles. The van der Waals surface area contributed by atoms with Gasteiger partial charge in [-0.1, -0.05) is 77.9 Å². The zero-order chi connectivity index (χ0) is 27.5. The minimum absolute atomic E-state index is 0.250. The van der Waals surface area contributed by atoms with E-state index < -0.39 is 0 Å². The molecule has 4 heteroatoms. The van der Waals surface area contributed by atoms with E-state index in [1.807, 2.05) is 72.8 Å². The molecule has 38 heavy (non-hydrogen) atoms. The molecule has 196 valence electrons. The largest absolute Gasteiger partial charge is 0.497 e. The maximum absolute atomic E-state index is 13.5. The van der Waals surface area contributed by atoms with Gasteiger partial charge in [-0.05, 0) is 71.5 Å². The highest BCUT2D eigenvalue weighted by atomic mass is 16.5. The first-order chi connectivity index (χ1) is 18.0. The van der Waals surface area contributed by atoms with Crippen LogP contribution in [0.4, 0.5) is 17.1 Å². The second-order valence-corrected chi connectivity index (χ2v) is 11.5. The molecule has 0 aliphatic rings. The first-order valence-corrected chi connectivity index (χ1v) is 12.9. The van der Waals surface area contributed by atoms with E-state index in [9.17, 15) is 4.79 Å². The molecule has 0 saturated heterocycles. The number of hydrogen-bond donors (Lipinski definition) is 0. The SMILES string of the molecule is COc1cc(C(C)(C)C)c(OC(=O)c2ccc(N(c3ccccc3)c3ccccc3)cc2)c(C(C)(C)C)c1. The molecule has 0 bridgehead atoms. The molecule has 0 amide bonds. The van der Waals surface area contributed by atoms with Crippen molar-refractivity contribution in [1.29, 1.82) is 0 Å². The molecule has 0 radical (unpaired) electrons. The van der Waals surface area contributed by atoms with Crippen LogP contribution >= 0.6 is 0 Å². The van der Waals surface area contributed by atoms with Gasteiger partial charge in [-0.15, -0.1) is 0 Å². The summed E-state index contributed by atoms with van der Waals surface area (Å²) >= 11 is 0. The molecule has 4 aromatic carbocycles. The van der Waals surface area contributed by atoms with Gasteiger partial charge in [0.15, 0.2) is 0 Å². The Morgan fingerprint density at radius 2 is 1.05 bits per heavy atom. The van der Waals surface area contributed by atoms with Crippen molar-refractivity contribution in [2.75, 3.05) is 12.0 Å². The van der Waals surface area contributed by atoms with Gasteiger partial charge in [-0.2, -0.15) is 0 Å². The number of benzene rings is 4. The molecule has 0 saturated carbocycles. The Hall–Kier alpha value is -4.05. The Labute approximate surface area is 226 Å². The fourth-order valence-corrected chi connectivity index (χ4v) is 4.44. The third-order valence-electron chi connectivity index (χ3n) is 6.50. The molecule has 0 aliphatic carbocycles. The average molecular weight is 508 g/mol. The molecular formula is C34H37NO3. The van der Waals surface area contributed by atoms with Crippen LogP contribution in [0.1, 0.15) is 63.0 Å². The smallest absolute Gasteiger partial charge is 0.343 e. The minimum atomic E-state index is -0.385. The lowest BCUT2D eigenvalue weighted by molar-refractivity contribution is 0.0728. The molecule has 4 nitrogen and oxygen atoms in total. The molecule has 0 fully saturated rings. The Bertz CT molecular complexity index is 1310. The van der Waals surface area contributed by atoms with Crippen LogP contribution in [-0.2, 0) is 10.8 Å². The normalized spacial score (nSPS) is 11.7. The number of nitrogens with zero attached hydrogens (tertiary/aromatic N) is 1. The zero-order valence-electron chi connectivity index (χ0n) is 23.4. The fraction of sp³-hybridized carbons (Fsp3) is 0.265. The lowest BCUT2D eigenvalue weighted by Gasteiger charge is -2.30. The highest BCUT2D eigenvalue weighted by Crippen LogP contribution is 2.43. The van der Waals surface area contributed by atoms with Crippen molar-refractivity contribution >= 4 is 23.0 Å². The summed E-state index contributed by atoms with van der Waals surface area (Å²) in [6.07, 6.45) is 0. The molecule has 0 N–H and O–H groups in total. The summed E-state index contributed by atoms with van der Waals surface area (Å²) in [5.74, 6) is 0.977. The molecular weight excluding hydrogens is 470 g/mol. The van der Waals surface area contributed by atoms with Crippen LogP contribution < -0.4 is 14.4 Å². The van der Waals surface area contributed by atoms with Gasteiger partial charge in [0.05, 0.1) is 12.7 Å². The summed E-state index contributed by atoms with van der Waals surface area (Å²) in [7, 11) is 1.66. The third-order valence-corrected chi connectivity index (χ3v) is 6.50. The van der Waals surface area contributed by atoms with Crippen molar-refractivity contribution in [2.45, 2.75) is 52.4 Å². The standard InChI is InChI=1S/C34H37NO3/c1-33(2,3)29-22-28(37-7)23-30(34(4,5)6)31(29)38-32(36)24-18-20-27(21-19-24)35(25-14-10-8-11-15-25)26-16-12-9-13-17-26/h8-23H,1-7H3. The zero-order valence-corrected chi connectivity index (χ0v) is 23.4. The Kier molecular flexibility index (Phi) is 7.63. The number of rotatable bonds is 6. The van der Waals surface area contributed by atoms with E-state index in [2.05, 4.69) is 70.7 Å². The molecule has 0 unspecified atom stereocenters. The van der Waals surface area contributed by atoms with Gasteiger partial charge in [0, 0.05) is 28.2 Å². The van der Waals surface area contributed by atoms with Gasteiger partial charge in [0.25, 0.3) is 0 Å². The quantitative estimate of drug-likeness (QED) is 0.193. The second-order valence-electron chi connectivity index (χ2n) is 11.5. The monoisotopic (exact) mass is 507 g/mol. The number of methoxy groups -OCH3 is 1. The summed E-state index contributed by atoms with van der Waals surface area (Å²) in [6, 6.07) is 31.9. The van der Waals surface area contributed by atoms with E-state index in [0.29, 0.717) is 11.3 Å². The van der Waals surface area contributed by atoms with Gasteiger partial charge >= 0.3 is 5.97 Å². The number of hydrogen-bond acceptors (Lipinski definition) is 4. The summed E-state index contributed by atoms with van der Waals surface area (Å²) in [5, 5.41) is 0. The van der Waals surface area contributed by atoms with Crippen LogP contribution in [0.15, 0.2) is 97.1 Å². The van der Waals surface area contributed by atoms with Gasteiger partial charge < -0.3 is 14.4 Å².